The molecule has 0 aromatic rings. The van der Waals surface area contributed by atoms with Crippen molar-refractivity contribution < 1.29 is 28.7 Å². The van der Waals surface area contributed by atoms with Gasteiger partial charge in [0.25, 0.3) is 11.8 Å². The number of hydrogen-bond acceptors (Lipinski definition) is 6. The summed E-state index contributed by atoms with van der Waals surface area (Å²) in [5.74, 6) is -1.61. The molecule has 0 aromatic heterocycles. The second-order valence-electron chi connectivity index (χ2n) is 4.37. The van der Waals surface area contributed by atoms with E-state index in [1.807, 2.05) is 0 Å². The first-order chi connectivity index (χ1) is 9.65. The van der Waals surface area contributed by atoms with Crippen LogP contribution in [0.2, 0.25) is 0 Å². The van der Waals surface area contributed by atoms with Crippen molar-refractivity contribution in [3.8, 4) is 0 Å². The summed E-state index contributed by atoms with van der Waals surface area (Å²) in [6, 6.07) is 0. The van der Waals surface area contributed by atoms with Gasteiger partial charge in [-0.05, 0) is 6.42 Å². The Labute approximate surface area is 118 Å². The van der Waals surface area contributed by atoms with Gasteiger partial charge in [-0.25, -0.2) is 4.79 Å². The van der Waals surface area contributed by atoms with E-state index >= 15 is 0 Å². The average Bonchev–Trinajstić information content (AvgIpc) is 2.73. The maximum absolute atomic E-state index is 11.4. The van der Waals surface area contributed by atoms with Crippen molar-refractivity contribution >= 4 is 17.8 Å². The Kier molecular flexibility index (Phi) is 7.82. The summed E-state index contributed by atoms with van der Waals surface area (Å²) in [5.41, 5.74) is 0. The predicted molar refractivity (Wildman–Crippen MR) is 68.3 cm³/mol. The van der Waals surface area contributed by atoms with Crippen LogP contribution in [0.3, 0.4) is 0 Å². The summed E-state index contributed by atoms with van der Waals surface area (Å²) < 4.78 is 10.5. The van der Waals surface area contributed by atoms with Gasteiger partial charge in [-0.2, -0.15) is 0 Å². The number of imide groups is 1. The molecule has 1 saturated heterocycles. The monoisotopic (exact) mass is 287 g/mol. The molecule has 0 radical (unpaired) electrons. The Balaban J connectivity index is 2.00. The van der Waals surface area contributed by atoms with Gasteiger partial charge < -0.3 is 14.3 Å². The highest BCUT2D eigenvalue weighted by atomic mass is 16.7. The minimum Gasteiger partial charge on any atom is -0.379 e. The highest BCUT2D eigenvalue weighted by Crippen LogP contribution is 2.12. The van der Waals surface area contributed by atoms with E-state index in [-0.39, 0.29) is 25.9 Å². The smallest absolute Gasteiger partial charge is 0.335 e. The van der Waals surface area contributed by atoms with E-state index in [1.54, 1.807) is 0 Å². The zero-order valence-corrected chi connectivity index (χ0v) is 11.8. The van der Waals surface area contributed by atoms with Crippen LogP contribution in [0.4, 0.5) is 0 Å². The Morgan fingerprint density at radius 3 is 2.25 bits per heavy atom. The SMILES string of the molecule is CCCCOCCOCCC(=O)ON1C(=O)CCC1=O. The third kappa shape index (κ3) is 6.12. The minimum atomic E-state index is -0.652. The first-order valence-electron chi connectivity index (χ1n) is 6.87. The third-order valence-corrected chi connectivity index (χ3v) is 2.66. The molecule has 7 heteroatoms. The van der Waals surface area contributed by atoms with E-state index in [9.17, 15) is 14.4 Å². The van der Waals surface area contributed by atoms with Crippen LogP contribution in [-0.2, 0) is 28.7 Å². The lowest BCUT2D eigenvalue weighted by atomic mass is 10.4. The number of hydroxylamine groups is 2. The second-order valence-corrected chi connectivity index (χ2v) is 4.37. The van der Waals surface area contributed by atoms with Crippen LogP contribution in [0, 0.1) is 0 Å². The molecule has 1 heterocycles. The number of amides is 2. The van der Waals surface area contributed by atoms with E-state index < -0.39 is 17.8 Å². The Bertz CT molecular complexity index is 328. The maximum atomic E-state index is 11.4. The number of nitrogens with zero attached hydrogens (tertiary/aromatic N) is 1. The Hall–Kier alpha value is -1.47. The maximum Gasteiger partial charge on any atom is 0.335 e. The second kappa shape index (κ2) is 9.44. The fourth-order valence-electron chi connectivity index (χ4n) is 1.53. The van der Waals surface area contributed by atoms with Gasteiger partial charge in [0.05, 0.1) is 26.2 Å². The summed E-state index contributed by atoms with van der Waals surface area (Å²) in [6.07, 6.45) is 2.28. The molecule has 1 rings (SSSR count). The lowest BCUT2D eigenvalue weighted by Crippen LogP contribution is -2.32. The number of carbonyl (C=O) groups excluding carboxylic acids is 3. The summed E-state index contributed by atoms with van der Waals surface area (Å²) >= 11 is 0. The Morgan fingerprint density at radius 1 is 1.05 bits per heavy atom. The molecule has 1 aliphatic heterocycles. The van der Waals surface area contributed by atoms with Crippen LogP contribution >= 0.6 is 0 Å². The standard InChI is InChI=1S/C13H21NO6/c1-2-3-7-18-9-10-19-8-6-13(17)20-14-11(15)4-5-12(14)16/h2-10H2,1H3. The van der Waals surface area contributed by atoms with Crippen molar-refractivity contribution in [1.82, 2.24) is 5.06 Å². The van der Waals surface area contributed by atoms with Gasteiger partial charge in [-0.1, -0.05) is 13.3 Å². The summed E-state index contributed by atoms with van der Waals surface area (Å²) in [6.45, 7) is 3.85. The zero-order valence-electron chi connectivity index (χ0n) is 11.8. The molecule has 7 nitrogen and oxygen atoms in total. The van der Waals surface area contributed by atoms with Crippen molar-refractivity contribution in [2.45, 2.75) is 39.0 Å². The fraction of sp³-hybridized carbons (Fsp3) is 0.769. The first-order valence-corrected chi connectivity index (χ1v) is 6.87. The Morgan fingerprint density at radius 2 is 1.65 bits per heavy atom. The van der Waals surface area contributed by atoms with Crippen LogP contribution in [0.25, 0.3) is 0 Å². The topological polar surface area (TPSA) is 82.1 Å². The molecule has 0 aromatic carbocycles. The van der Waals surface area contributed by atoms with Crippen LogP contribution < -0.4 is 0 Å². The predicted octanol–water partition coefficient (Wildman–Crippen LogP) is 0.817. The summed E-state index contributed by atoms with van der Waals surface area (Å²) in [5, 5.41) is 0.538. The number of carbonyl (C=O) groups is 3. The van der Waals surface area contributed by atoms with Crippen LogP contribution in [0.5, 0.6) is 0 Å². The van der Waals surface area contributed by atoms with Gasteiger partial charge in [0.15, 0.2) is 0 Å². The zero-order chi connectivity index (χ0) is 14.8. The largest absolute Gasteiger partial charge is 0.379 e. The highest BCUT2D eigenvalue weighted by Gasteiger charge is 2.32. The van der Waals surface area contributed by atoms with Gasteiger partial charge in [-0.3, -0.25) is 9.59 Å². The van der Waals surface area contributed by atoms with Gasteiger partial charge in [0.1, 0.15) is 0 Å². The van der Waals surface area contributed by atoms with E-state index in [1.165, 1.54) is 0 Å². The van der Waals surface area contributed by atoms with Gasteiger partial charge in [0, 0.05) is 19.4 Å². The minimum absolute atomic E-state index is 0.00792. The van der Waals surface area contributed by atoms with E-state index in [4.69, 9.17) is 9.47 Å². The molecule has 0 N–H and O–H groups in total. The lowest BCUT2D eigenvalue weighted by Gasteiger charge is -2.12. The number of rotatable bonds is 10. The molecule has 0 unspecified atom stereocenters. The average molecular weight is 287 g/mol. The number of unbranched alkanes of at least 4 members (excludes halogenated alkanes) is 1. The molecule has 0 atom stereocenters. The molecule has 114 valence electrons. The molecule has 2 amide bonds. The molecule has 20 heavy (non-hydrogen) atoms. The summed E-state index contributed by atoms with van der Waals surface area (Å²) in [7, 11) is 0. The van der Waals surface area contributed by atoms with E-state index in [2.05, 4.69) is 11.8 Å². The number of hydrogen-bond donors (Lipinski definition) is 0. The van der Waals surface area contributed by atoms with E-state index in [0.29, 0.717) is 24.9 Å². The molecule has 0 aliphatic carbocycles. The van der Waals surface area contributed by atoms with Crippen molar-refractivity contribution in [3.05, 3.63) is 0 Å². The van der Waals surface area contributed by atoms with Gasteiger partial charge in [-0.15, -0.1) is 5.06 Å². The molecule has 0 spiro atoms. The first kappa shape index (κ1) is 16.6. The van der Waals surface area contributed by atoms with Gasteiger partial charge >= 0.3 is 5.97 Å². The fourth-order valence-corrected chi connectivity index (χ4v) is 1.53. The van der Waals surface area contributed by atoms with Crippen molar-refractivity contribution in [3.63, 3.8) is 0 Å². The number of ether oxygens (including phenoxy) is 2. The molecule has 0 saturated carbocycles. The molecule has 1 fully saturated rings. The van der Waals surface area contributed by atoms with Crippen LogP contribution in [-0.4, -0.2) is 49.3 Å². The van der Waals surface area contributed by atoms with Crippen molar-refractivity contribution in [2.75, 3.05) is 26.4 Å². The van der Waals surface area contributed by atoms with Crippen LogP contribution in [0.15, 0.2) is 0 Å². The molecular weight excluding hydrogens is 266 g/mol. The molecule has 1 aliphatic rings. The molecular formula is C13H21NO6. The van der Waals surface area contributed by atoms with E-state index in [0.717, 1.165) is 12.8 Å². The quantitative estimate of drug-likeness (QED) is 0.437. The van der Waals surface area contributed by atoms with Crippen molar-refractivity contribution in [2.24, 2.45) is 0 Å². The van der Waals surface area contributed by atoms with Crippen LogP contribution in [0.1, 0.15) is 39.0 Å². The van der Waals surface area contributed by atoms with Crippen molar-refractivity contribution in [1.29, 1.82) is 0 Å². The molecule has 0 bridgehead atoms. The third-order valence-electron chi connectivity index (χ3n) is 2.66. The summed E-state index contributed by atoms with van der Waals surface area (Å²) in [4.78, 5) is 38.5. The lowest BCUT2D eigenvalue weighted by molar-refractivity contribution is -0.198. The normalized spacial score (nSPS) is 14.9. The highest BCUT2D eigenvalue weighted by molar-refractivity contribution is 6.01. The van der Waals surface area contributed by atoms with Gasteiger partial charge in [0.2, 0.25) is 0 Å².